The van der Waals surface area contributed by atoms with Gasteiger partial charge >= 0.3 is 13.1 Å². The lowest BCUT2D eigenvalue weighted by Crippen LogP contribution is -2.47. The summed E-state index contributed by atoms with van der Waals surface area (Å²) in [5, 5.41) is 0. The number of hydrogen-bond donors (Lipinski definition) is 0. The standard InChI is InChI=1S/C20H28BF3N2O2/c1-18(2)13-21(28-19(18,3)4)14-6-7-15(16(12-14)20(22,23)24)17(27)26-10-8-25(5)9-11-26/h6-7,12H,8-11,13H2,1-5H3. The first kappa shape index (κ1) is 21.2. The van der Waals surface area contributed by atoms with Crippen molar-refractivity contribution >= 4 is 18.3 Å². The summed E-state index contributed by atoms with van der Waals surface area (Å²) in [5.41, 5.74) is -1.28. The van der Waals surface area contributed by atoms with Crippen LogP contribution in [0.4, 0.5) is 13.2 Å². The fraction of sp³-hybridized carbons (Fsp3) is 0.650. The van der Waals surface area contributed by atoms with Crippen molar-refractivity contribution in [2.45, 2.75) is 45.8 Å². The van der Waals surface area contributed by atoms with Gasteiger partial charge in [0.2, 0.25) is 0 Å². The summed E-state index contributed by atoms with van der Waals surface area (Å²) in [4.78, 5) is 16.3. The van der Waals surface area contributed by atoms with E-state index in [0.717, 1.165) is 6.07 Å². The van der Waals surface area contributed by atoms with E-state index in [1.165, 1.54) is 11.0 Å². The van der Waals surface area contributed by atoms with Crippen LogP contribution in [0.2, 0.25) is 6.32 Å². The van der Waals surface area contributed by atoms with E-state index in [1.807, 2.05) is 20.9 Å². The summed E-state index contributed by atoms with van der Waals surface area (Å²) in [6.45, 7) is 9.80. The Morgan fingerprint density at radius 1 is 1.11 bits per heavy atom. The van der Waals surface area contributed by atoms with Gasteiger partial charge in [0.25, 0.3) is 5.91 Å². The average Bonchev–Trinajstić information content (AvgIpc) is 2.81. The zero-order chi connectivity index (χ0) is 20.9. The second-order valence-corrected chi connectivity index (χ2v) is 9.10. The van der Waals surface area contributed by atoms with Crippen LogP contribution in [0.5, 0.6) is 0 Å². The van der Waals surface area contributed by atoms with Gasteiger partial charge < -0.3 is 14.5 Å². The Balaban J connectivity index is 1.92. The maximum Gasteiger partial charge on any atom is 0.417 e. The van der Waals surface area contributed by atoms with E-state index < -0.39 is 30.2 Å². The lowest BCUT2D eigenvalue weighted by atomic mass is 9.54. The number of carbonyl (C=O) groups is 1. The molecule has 0 saturated carbocycles. The highest BCUT2D eigenvalue weighted by atomic mass is 19.4. The molecule has 0 radical (unpaired) electrons. The van der Waals surface area contributed by atoms with Crippen LogP contribution < -0.4 is 5.46 Å². The van der Waals surface area contributed by atoms with Gasteiger partial charge in [0.15, 0.2) is 0 Å². The molecule has 1 amide bonds. The molecule has 4 nitrogen and oxygen atoms in total. The molecule has 1 aromatic carbocycles. The van der Waals surface area contributed by atoms with Crippen molar-refractivity contribution in [2.75, 3.05) is 33.2 Å². The third-order valence-corrected chi connectivity index (χ3v) is 6.50. The van der Waals surface area contributed by atoms with Crippen molar-refractivity contribution in [3.8, 4) is 0 Å². The van der Waals surface area contributed by atoms with E-state index in [1.54, 1.807) is 6.07 Å². The molecule has 0 N–H and O–H groups in total. The quantitative estimate of drug-likeness (QED) is 0.721. The van der Waals surface area contributed by atoms with Crippen molar-refractivity contribution in [1.29, 1.82) is 0 Å². The maximum atomic E-state index is 13.8. The molecule has 1 aromatic rings. The summed E-state index contributed by atoms with van der Waals surface area (Å²) < 4.78 is 47.4. The van der Waals surface area contributed by atoms with Crippen LogP contribution in [-0.2, 0) is 10.8 Å². The molecule has 0 unspecified atom stereocenters. The Bertz CT molecular complexity index is 740. The highest BCUT2D eigenvalue weighted by Gasteiger charge is 2.50. The zero-order valence-corrected chi connectivity index (χ0v) is 17.2. The molecule has 2 aliphatic rings. The van der Waals surface area contributed by atoms with Crippen molar-refractivity contribution in [2.24, 2.45) is 5.41 Å². The smallest absolute Gasteiger partial charge is 0.417 e. The second-order valence-electron chi connectivity index (χ2n) is 9.10. The largest absolute Gasteiger partial charge is 0.426 e. The molecule has 2 saturated heterocycles. The minimum Gasteiger partial charge on any atom is -0.426 e. The van der Waals surface area contributed by atoms with Crippen molar-refractivity contribution < 1.29 is 22.6 Å². The Labute approximate surface area is 165 Å². The third-order valence-electron chi connectivity index (χ3n) is 6.50. The number of benzene rings is 1. The van der Waals surface area contributed by atoms with Crippen LogP contribution in [0.15, 0.2) is 18.2 Å². The van der Waals surface area contributed by atoms with E-state index >= 15 is 0 Å². The molecule has 0 aromatic heterocycles. The van der Waals surface area contributed by atoms with Crippen LogP contribution in [0.25, 0.3) is 0 Å². The maximum absolute atomic E-state index is 13.8. The first-order chi connectivity index (χ1) is 12.8. The minimum atomic E-state index is -4.60. The topological polar surface area (TPSA) is 32.8 Å². The summed E-state index contributed by atoms with van der Waals surface area (Å²) >= 11 is 0. The normalized spacial score (nSPS) is 22.6. The summed E-state index contributed by atoms with van der Waals surface area (Å²) in [6.07, 6.45) is -3.97. The molecule has 8 heteroatoms. The van der Waals surface area contributed by atoms with E-state index in [0.29, 0.717) is 38.0 Å². The fourth-order valence-corrected chi connectivity index (χ4v) is 3.82. The van der Waals surface area contributed by atoms with Crippen LogP contribution in [-0.4, -0.2) is 61.5 Å². The lowest BCUT2D eigenvalue weighted by Gasteiger charge is -2.34. The number of rotatable bonds is 2. The van der Waals surface area contributed by atoms with E-state index in [9.17, 15) is 18.0 Å². The number of carbonyl (C=O) groups excluding carboxylic acids is 1. The van der Waals surface area contributed by atoms with E-state index in [-0.39, 0.29) is 11.0 Å². The van der Waals surface area contributed by atoms with Gasteiger partial charge in [0, 0.05) is 26.2 Å². The van der Waals surface area contributed by atoms with Gasteiger partial charge in [-0.2, -0.15) is 13.2 Å². The van der Waals surface area contributed by atoms with Gasteiger partial charge in [-0.25, -0.2) is 0 Å². The van der Waals surface area contributed by atoms with Crippen LogP contribution in [0, 0.1) is 5.41 Å². The van der Waals surface area contributed by atoms with Crippen LogP contribution >= 0.6 is 0 Å². The van der Waals surface area contributed by atoms with E-state index in [2.05, 4.69) is 18.7 Å². The molecule has 0 atom stereocenters. The van der Waals surface area contributed by atoms with Gasteiger partial charge in [-0.05, 0) is 44.2 Å². The fourth-order valence-electron chi connectivity index (χ4n) is 3.82. The molecule has 154 valence electrons. The van der Waals surface area contributed by atoms with Gasteiger partial charge in [-0.15, -0.1) is 0 Å². The Morgan fingerprint density at radius 2 is 1.71 bits per heavy atom. The van der Waals surface area contributed by atoms with Gasteiger partial charge in [-0.3, -0.25) is 4.79 Å². The molecule has 3 rings (SSSR count). The zero-order valence-electron chi connectivity index (χ0n) is 17.2. The summed E-state index contributed by atoms with van der Waals surface area (Å²) in [6, 6.07) is 4.03. The lowest BCUT2D eigenvalue weighted by molar-refractivity contribution is -0.138. The number of alkyl halides is 3. The molecular formula is C20H28BF3N2O2. The third kappa shape index (κ3) is 3.94. The van der Waals surface area contributed by atoms with Gasteiger partial charge in [0.05, 0.1) is 16.7 Å². The molecule has 0 spiro atoms. The van der Waals surface area contributed by atoms with Crippen molar-refractivity contribution in [3.05, 3.63) is 29.3 Å². The van der Waals surface area contributed by atoms with Gasteiger partial charge in [0.1, 0.15) is 0 Å². The van der Waals surface area contributed by atoms with E-state index in [4.69, 9.17) is 4.65 Å². The number of likely N-dealkylation sites (N-methyl/N-ethyl adjacent to an activating group) is 1. The minimum absolute atomic E-state index is 0.162. The highest BCUT2D eigenvalue weighted by Crippen LogP contribution is 2.45. The Kier molecular flexibility index (Phi) is 5.34. The molecule has 0 bridgehead atoms. The predicted molar refractivity (Wildman–Crippen MR) is 104 cm³/mol. The summed E-state index contributed by atoms with van der Waals surface area (Å²) in [5.74, 6) is -0.556. The predicted octanol–water partition coefficient (Wildman–Crippen LogP) is 3.13. The molecule has 2 heterocycles. The first-order valence-corrected chi connectivity index (χ1v) is 9.69. The first-order valence-electron chi connectivity index (χ1n) is 9.69. The summed E-state index contributed by atoms with van der Waals surface area (Å²) in [7, 11) is 1.93. The van der Waals surface area contributed by atoms with Crippen molar-refractivity contribution in [3.63, 3.8) is 0 Å². The molecule has 28 heavy (non-hydrogen) atoms. The van der Waals surface area contributed by atoms with Crippen LogP contribution in [0.1, 0.15) is 43.6 Å². The molecule has 2 fully saturated rings. The number of piperazine rings is 1. The molecule has 0 aliphatic carbocycles. The molecular weight excluding hydrogens is 368 g/mol. The Hall–Kier alpha value is -1.54. The monoisotopic (exact) mass is 396 g/mol. The molecule has 2 aliphatic heterocycles. The van der Waals surface area contributed by atoms with Crippen LogP contribution in [0.3, 0.4) is 0 Å². The number of amides is 1. The number of halogens is 3. The average molecular weight is 396 g/mol. The SMILES string of the molecule is CN1CCN(C(=O)c2ccc(B3CC(C)(C)C(C)(C)O3)cc2C(F)(F)F)CC1. The van der Waals surface area contributed by atoms with Gasteiger partial charge in [-0.1, -0.05) is 26.0 Å². The van der Waals surface area contributed by atoms with Crippen molar-refractivity contribution in [1.82, 2.24) is 9.80 Å². The second kappa shape index (κ2) is 7.06. The number of nitrogens with zero attached hydrogens (tertiary/aromatic N) is 2. The Morgan fingerprint density at radius 3 is 2.21 bits per heavy atom. The highest BCUT2D eigenvalue weighted by molar-refractivity contribution is 6.68. The number of hydrogen-bond acceptors (Lipinski definition) is 3.